The van der Waals surface area contributed by atoms with Gasteiger partial charge in [0.15, 0.2) is 11.6 Å². The van der Waals surface area contributed by atoms with E-state index in [0.717, 1.165) is 33.4 Å². The molecule has 3 heteroatoms. The van der Waals surface area contributed by atoms with Gasteiger partial charge < -0.3 is 5.11 Å². The van der Waals surface area contributed by atoms with Crippen molar-refractivity contribution in [3.63, 3.8) is 0 Å². The van der Waals surface area contributed by atoms with Crippen molar-refractivity contribution in [1.82, 2.24) is 0 Å². The van der Waals surface area contributed by atoms with E-state index in [1.54, 1.807) is 12.2 Å². The first-order valence-corrected chi connectivity index (χ1v) is 11.9. The highest BCUT2D eigenvalue weighted by Gasteiger charge is 2.59. The van der Waals surface area contributed by atoms with Crippen LogP contribution in [0.3, 0.4) is 0 Å². The molecule has 3 aromatic carbocycles. The Hall–Kier alpha value is -3.98. The number of carbonyl (C=O) groups is 2. The predicted molar refractivity (Wildman–Crippen MR) is 139 cm³/mol. The summed E-state index contributed by atoms with van der Waals surface area (Å²) in [5, 5.41) is 10.5. The molecule has 174 valence electrons. The normalized spacial score (nSPS) is 23.8. The molecule has 0 radical (unpaired) electrons. The van der Waals surface area contributed by atoms with Crippen molar-refractivity contribution in [2.75, 3.05) is 0 Å². The molecule has 0 aliphatic heterocycles. The van der Waals surface area contributed by atoms with Crippen molar-refractivity contribution >= 4 is 17.1 Å². The lowest BCUT2D eigenvalue weighted by Gasteiger charge is -2.50. The van der Waals surface area contributed by atoms with E-state index in [9.17, 15) is 14.7 Å². The van der Waals surface area contributed by atoms with Crippen LogP contribution in [0.5, 0.6) is 5.75 Å². The number of benzene rings is 3. The molecule has 3 atom stereocenters. The van der Waals surface area contributed by atoms with Crippen LogP contribution in [0.25, 0.3) is 5.57 Å². The summed E-state index contributed by atoms with van der Waals surface area (Å²) in [5.74, 6) is -0.814. The summed E-state index contributed by atoms with van der Waals surface area (Å²) in [7, 11) is 0. The maximum Gasteiger partial charge on any atom is 0.168 e. The summed E-state index contributed by atoms with van der Waals surface area (Å²) in [6.45, 7) is 7.78. The van der Waals surface area contributed by atoms with Gasteiger partial charge in [0.1, 0.15) is 5.75 Å². The van der Waals surface area contributed by atoms with E-state index in [4.69, 9.17) is 0 Å². The largest absolute Gasteiger partial charge is 0.507 e. The summed E-state index contributed by atoms with van der Waals surface area (Å²) in [6, 6.07) is 23.0. The van der Waals surface area contributed by atoms with E-state index in [0.29, 0.717) is 12.0 Å². The second kappa shape index (κ2) is 8.66. The van der Waals surface area contributed by atoms with Crippen molar-refractivity contribution < 1.29 is 14.7 Å². The number of ketones is 2. The molecule has 2 aliphatic rings. The third kappa shape index (κ3) is 3.42. The topological polar surface area (TPSA) is 54.4 Å². The van der Waals surface area contributed by atoms with Crippen molar-refractivity contribution in [2.24, 2.45) is 5.92 Å². The molecule has 1 N–H and O–H groups in total. The van der Waals surface area contributed by atoms with E-state index in [-0.39, 0.29) is 17.3 Å². The minimum absolute atomic E-state index is 0.0174. The number of Topliss-reactive ketones (excluding diaryl/α,β-unsaturated/α-hetero) is 1. The second-order valence-corrected chi connectivity index (χ2v) is 9.52. The minimum atomic E-state index is -1.11. The Balaban J connectivity index is 1.83. The van der Waals surface area contributed by atoms with E-state index in [1.165, 1.54) is 0 Å². The number of fused-ring (bicyclic) bond motifs is 1. The lowest BCUT2D eigenvalue weighted by molar-refractivity contribution is -0.131. The fraction of sp³-hybridized carbons (Fsp3) is 0.188. The average Bonchev–Trinajstić information content (AvgIpc) is 2.89. The summed E-state index contributed by atoms with van der Waals surface area (Å²) in [6.07, 6.45) is 5.87. The standard InChI is InChI=1S/C32H28O3/c1-4-22-15-16-27-31(35)26(23-11-7-5-8-12-23)19-28(33)32(27,25-13-9-6-10-14-25)29(22)24-17-20(2)30(34)21(3)18-24/h4-15,17-19,27,29,34H,1,16H2,2-3H3. The molecular formula is C32H28O3. The number of rotatable bonds is 4. The lowest BCUT2D eigenvalue weighted by Crippen LogP contribution is -2.54. The molecule has 35 heavy (non-hydrogen) atoms. The summed E-state index contributed by atoms with van der Waals surface area (Å²) >= 11 is 0. The van der Waals surface area contributed by atoms with Crippen molar-refractivity contribution in [2.45, 2.75) is 31.6 Å². The molecule has 2 aliphatic carbocycles. The molecule has 0 bridgehead atoms. The van der Waals surface area contributed by atoms with Gasteiger partial charge in [-0.2, -0.15) is 0 Å². The summed E-state index contributed by atoms with van der Waals surface area (Å²) in [4.78, 5) is 28.6. The van der Waals surface area contributed by atoms with Crippen molar-refractivity contribution in [3.05, 3.63) is 131 Å². The monoisotopic (exact) mass is 460 g/mol. The molecule has 0 amide bonds. The van der Waals surface area contributed by atoms with Crippen LogP contribution in [0.15, 0.2) is 103 Å². The molecule has 0 aromatic heterocycles. The van der Waals surface area contributed by atoms with Crippen LogP contribution < -0.4 is 0 Å². The zero-order chi connectivity index (χ0) is 24.7. The van der Waals surface area contributed by atoms with Gasteiger partial charge in [0.05, 0.1) is 5.41 Å². The van der Waals surface area contributed by atoms with Gasteiger partial charge in [-0.25, -0.2) is 0 Å². The molecular weight excluding hydrogens is 432 g/mol. The summed E-state index contributed by atoms with van der Waals surface area (Å²) < 4.78 is 0. The first kappa shape index (κ1) is 22.8. The Bertz CT molecular complexity index is 1370. The number of phenols is 1. The maximum absolute atomic E-state index is 14.4. The molecule has 3 aromatic rings. The van der Waals surface area contributed by atoms with Crippen LogP contribution in [0.1, 0.15) is 40.2 Å². The second-order valence-electron chi connectivity index (χ2n) is 9.52. The molecule has 3 unspecified atom stereocenters. The summed E-state index contributed by atoms with van der Waals surface area (Å²) in [5.41, 5.74) is 4.26. The van der Waals surface area contributed by atoms with Crippen LogP contribution in [0, 0.1) is 19.8 Å². The SMILES string of the molecule is C=CC1=CCC2C(=O)C(c3ccccc3)=CC(=O)C2(c2ccccc2)C1c1cc(C)c(O)c(C)c1. The predicted octanol–water partition coefficient (Wildman–Crippen LogP) is 6.40. The Kier molecular flexibility index (Phi) is 5.64. The van der Waals surface area contributed by atoms with Gasteiger partial charge in [-0.3, -0.25) is 9.59 Å². The first-order chi connectivity index (χ1) is 16.9. The van der Waals surface area contributed by atoms with Crippen LogP contribution in [-0.4, -0.2) is 16.7 Å². The number of allylic oxidation sites excluding steroid dienone is 5. The number of hydrogen-bond donors (Lipinski definition) is 1. The first-order valence-electron chi connectivity index (χ1n) is 11.9. The number of hydrogen-bond acceptors (Lipinski definition) is 3. The average molecular weight is 461 g/mol. The Morgan fingerprint density at radius 1 is 0.943 bits per heavy atom. The molecule has 0 fully saturated rings. The quantitative estimate of drug-likeness (QED) is 0.490. The minimum Gasteiger partial charge on any atom is -0.507 e. The third-order valence-corrected chi connectivity index (χ3v) is 7.61. The van der Waals surface area contributed by atoms with E-state index < -0.39 is 17.3 Å². The van der Waals surface area contributed by atoms with Crippen LogP contribution in [0.4, 0.5) is 0 Å². The van der Waals surface area contributed by atoms with Crippen LogP contribution >= 0.6 is 0 Å². The molecule has 5 rings (SSSR count). The van der Waals surface area contributed by atoms with E-state index in [1.807, 2.05) is 86.6 Å². The van der Waals surface area contributed by atoms with Gasteiger partial charge in [-0.1, -0.05) is 91.5 Å². The highest BCUT2D eigenvalue weighted by Crippen LogP contribution is 2.57. The number of carbonyl (C=O) groups excluding carboxylic acids is 2. The zero-order valence-electron chi connectivity index (χ0n) is 20.0. The lowest BCUT2D eigenvalue weighted by atomic mass is 9.50. The highest BCUT2D eigenvalue weighted by atomic mass is 16.3. The van der Waals surface area contributed by atoms with E-state index in [2.05, 4.69) is 12.7 Å². The molecule has 0 saturated heterocycles. The maximum atomic E-state index is 14.4. The molecule has 3 nitrogen and oxygen atoms in total. The smallest absolute Gasteiger partial charge is 0.168 e. The Labute approximate surface area is 206 Å². The zero-order valence-corrected chi connectivity index (χ0v) is 20.0. The van der Waals surface area contributed by atoms with Crippen LogP contribution in [0.2, 0.25) is 0 Å². The van der Waals surface area contributed by atoms with Crippen molar-refractivity contribution in [3.8, 4) is 5.75 Å². The van der Waals surface area contributed by atoms with Gasteiger partial charge >= 0.3 is 0 Å². The Morgan fingerprint density at radius 3 is 2.14 bits per heavy atom. The fourth-order valence-electron chi connectivity index (χ4n) is 6.04. The molecule has 0 saturated carbocycles. The molecule has 0 heterocycles. The van der Waals surface area contributed by atoms with Gasteiger partial charge in [0.2, 0.25) is 0 Å². The molecule has 0 spiro atoms. The number of aromatic hydroxyl groups is 1. The third-order valence-electron chi connectivity index (χ3n) is 7.61. The number of aryl methyl sites for hydroxylation is 2. The highest BCUT2D eigenvalue weighted by molar-refractivity contribution is 6.31. The van der Waals surface area contributed by atoms with Gasteiger partial charge in [0, 0.05) is 17.4 Å². The van der Waals surface area contributed by atoms with E-state index >= 15 is 0 Å². The van der Waals surface area contributed by atoms with Gasteiger partial charge in [-0.05, 0) is 59.7 Å². The van der Waals surface area contributed by atoms with Crippen LogP contribution in [-0.2, 0) is 15.0 Å². The van der Waals surface area contributed by atoms with Gasteiger partial charge in [-0.15, -0.1) is 0 Å². The fourth-order valence-corrected chi connectivity index (χ4v) is 6.04. The van der Waals surface area contributed by atoms with Gasteiger partial charge in [0.25, 0.3) is 0 Å². The Morgan fingerprint density at radius 2 is 1.54 bits per heavy atom. The number of phenolic OH excluding ortho intramolecular Hbond substituents is 1. The van der Waals surface area contributed by atoms with Crippen molar-refractivity contribution in [1.29, 1.82) is 0 Å².